The molecule has 0 saturated carbocycles. The third-order valence-electron chi connectivity index (χ3n) is 5.09. The summed E-state index contributed by atoms with van der Waals surface area (Å²) in [6.45, 7) is 0.157. The van der Waals surface area contributed by atoms with Gasteiger partial charge in [-0.25, -0.2) is 13.6 Å². The quantitative estimate of drug-likeness (QED) is 0.318. The van der Waals surface area contributed by atoms with E-state index in [1.807, 2.05) is 18.2 Å². The van der Waals surface area contributed by atoms with Crippen molar-refractivity contribution in [2.45, 2.75) is 17.8 Å². The molecular formula is C23H18F3N5O4S2. The van der Waals surface area contributed by atoms with E-state index in [-0.39, 0.29) is 27.8 Å². The zero-order valence-electron chi connectivity index (χ0n) is 18.7. The van der Waals surface area contributed by atoms with Gasteiger partial charge < -0.3 is 15.0 Å². The highest BCUT2D eigenvalue weighted by atomic mass is 32.2. The van der Waals surface area contributed by atoms with Gasteiger partial charge in [-0.15, -0.1) is 13.2 Å². The van der Waals surface area contributed by atoms with Crippen molar-refractivity contribution in [3.8, 4) is 5.75 Å². The summed E-state index contributed by atoms with van der Waals surface area (Å²) < 4.78 is 65.1. The number of hydrazone groups is 1. The van der Waals surface area contributed by atoms with Gasteiger partial charge in [-0.05, 0) is 60.2 Å². The van der Waals surface area contributed by atoms with E-state index in [9.17, 15) is 26.4 Å². The fourth-order valence-electron chi connectivity index (χ4n) is 3.51. The van der Waals surface area contributed by atoms with Crippen molar-refractivity contribution < 1.29 is 31.1 Å². The van der Waals surface area contributed by atoms with E-state index in [0.29, 0.717) is 11.4 Å². The second kappa shape index (κ2) is 10.2. The van der Waals surface area contributed by atoms with E-state index in [1.54, 1.807) is 12.1 Å². The van der Waals surface area contributed by atoms with Crippen molar-refractivity contribution in [2.24, 2.45) is 10.2 Å². The van der Waals surface area contributed by atoms with Crippen molar-refractivity contribution in [3.05, 3.63) is 83.9 Å². The lowest BCUT2D eigenvalue weighted by atomic mass is 10.1. The molecule has 0 radical (unpaired) electrons. The molecule has 0 aromatic heterocycles. The van der Waals surface area contributed by atoms with Gasteiger partial charge in [0.15, 0.2) is 10.8 Å². The molecule has 0 aliphatic carbocycles. The molecule has 192 valence electrons. The lowest BCUT2D eigenvalue weighted by molar-refractivity contribution is -0.274. The number of fused-ring (bicyclic) bond motifs is 1. The minimum absolute atomic E-state index is 0.0607. The van der Waals surface area contributed by atoms with E-state index in [0.717, 1.165) is 17.7 Å². The van der Waals surface area contributed by atoms with E-state index in [2.05, 4.69) is 20.6 Å². The van der Waals surface area contributed by atoms with Crippen LogP contribution in [0.25, 0.3) is 0 Å². The highest BCUT2D eigenvalue weighted by Gasteiger charge is 2.37. The fraction of sp³-hybridized carbons (Fsp3) is 0.0870. The van der Waals surface area contributed by atoms with Crippen LogP contribution < -0.4 is 25.5 Å². The van der Waals surface area contributed by atoms with Crippen molar-refractivity contribution >= 4 is 50.3 Å². The second-order valence-electron chi connectivity index (χ2n) is 7.70. The molecule has 9 nitrogen and oxygen atoms in total. The van der Waals surface area contributed by atoms with Crippen molar-refractivity contribution in [1.29, 1.82) is 0 Å². The highest BCUT2D eigenvalue weighted by molar-refractivity contribution is 7.89. The second-order valence-corrected chi connectivity index (χ2v) is 9.67. The number of hydrogen-bond acceptors (Lipinski definition) is 6. The fourth-order valence-corrected chi connectivity index (χ4v) is 4.19. The number of primary sulfonamides is 1. The SMILES string of the molecule is NS(=O)(=O)c1ccc(NC(=S)NN=C2C(=O)N(Cc3ccccc3)c3ccc(OC(F)(F)F)cc32)cc1. The molecule has 37 heavy (non-hydrogen) atoms. The summed E-state index contributed by atoms with van der Waals surface area (Å²) in [6, 6.07) is 17.9. The first-order valence-corrected chi connectivity index (χ1v) is 12.4. The maximum Gasteiger partial charge on any atom is 0.573 e. The predicted molar refractivity (Wildman–Crippen MR) is 134 cm³/mol. The summed E-state index contributed by atoms with van der Waals surface area (Å²) in [5.74, 6) is -1.07. The van der Waals surface area contributed by atoms with Crippen LogP contribution in [0, 0.1) is 0 Å². The Morgan fingerprint density at radius 2 is 1.73 bits per heavy atom. The Morgan fingerprint density at radius 3 is 2.35 bits per heavy atom. The number of alkyl halides is 3. The van der Waals surface area contributed by atoms with E-state index in [4.69, 9.17) is 17.4 Å². The van der Waals surface area contributed by atoms with Gasteiger partial charge in [0.2, 0.25) is 10.0 Å². The average molecular weight is 550 g/mol. The molecule has 3 aromatic rings. The lowest BCUT2D eigenvalue weighted by Gasteiger charge is -2.17. The van der Waals surface area contributed by atoms with Crippen LogP contribution in [-0.2, 0) is 21.4 Å². The molecule has 0 fully saturated rings. The standard InChI is InChI=1S/C23H18F3N5O4S2/c24-23(25,26)35-16-8-11-19-18(12-16)20(21(32)31(19)13-14-4-2-1-3-5-14)29-30-22(36)28-15-6-9-17(10-7-15)37(27,33)34/h1-12H,13H2,(H2,27,33,34)(H2,28,30,36). The molecule has 1 amide bonds. The van der Waals surface area contributed by atoms with Crippen LogP contribution >= 0.6 is 12.2 Å². The molecule has 4 rings (SSSR count). The highest BCUT2D eigenvalue weighted by Crippen LogP contribution is 2.35. The van der Waals surface area contributed by atoms with Crippen LogP contribution in [0.2, 0.25) is 0 Å². The number of benzene rings is 3. The van der Waals surface area contributed by atoms with E-state index >= 15 is 0 Å². The molecule has 0 saturated heterocycles. The first-order chi connectivity index (χ1) is 17.4. The molecule has 0 bridgehead atoms. The van der Waals surface area contributed by atoms with Gasteiger partial charge in [-0.3, -0.25) is 10.2 Å². The number of carbonyl (C=O) groups is 1. The maximum atomic E-state index is 13.2. The zero-order chi connectivity index (χ0) is 26.8. The molecule has 3 aromatic carbocycles. The number of thiocarbonyl (C=S) groups is 1. The monoisotopic (exact) mass is 549 g/mol. The summed E-state index contributed by atoms with van der Waals surface area (Å²) in [7, 11) is -3.87. The first kappa shape index (κ1) is 26.1. The first-order valence-electron chi connectivity index (χ1n) is 10.4. The molecule has 0 atom stereocenters. The summed E-state index contributed by atoms with van der Waals surface area (Å²) >= 11 is 5.18. The Bertz CT molecular complexity index is 1480. The molecule has 0 unspecified atom stereocenters. The van der Waals surface area contributed by atoms with Crippen LogP contribution in [0.3, 0.4) is 0 Å². The molecule has 1 heterocycles. The number of carbonyl (C=O) groups excluding carboxylic acids is 1. The third kappa shape index (κ3) is 6.41. The molecule has 4 N–H and O–H groups in total. The van der Waals surface area contributed by atoms with Crippen LogP contribution in [0.5, 0.6) is 5.75 Å². The molecular weight excluding hydrogens is 531 g/mol. The number of halogens is 3. The Balaban J connectivity index is 1.58. The van der Waals surface area contributed by atoms with Crippen LogP contribution in [0.1, 0.15) is 11.1 Å². The number of nitrogens with two attached hydrogens (primary N) is 1. The number of anilines is 2. The van der Waals surface area contributed by atoms with E-state index in [1.165, 1.54) is 35.2 Å². The number of nitrogens with one attached hydrogen (secondary N) is 2. The molecule has 0 spiro atoms. The average Bonchev–Trinajstić information content (AvgIpc) is 3.07. The Hall–Kier alpha value is -4.01. The van der Waals surface area contributed by atoms with Crippen molar-refractivity contribution in [2.75, 3.05) is 10.2 Å². The summed E-state index contributed by atoms with van der Waals surface area (Å²) in [5.41, 5.74) is 3.99. The Morgan fingerprint density at radius 1 is 1.05 bits per heavy atom. The molecule has 14 heteroatoms. The smallest absolute Gasteiger partial charge is 0.406 e. The molecule has 1 aliphatic rings. The van der Waals surface area contributed by atoms with Crippen LogP contribution in [0.4, 0.5) is 24.5 Å². The number of hydrogen-bond donors (Lipinski definition) is 3. The normalized spacial score (nSPS) is 14.4. The number of nitrogens with zero attached hydrogens (tertiary/aromatic N) is 2. The van der Waals surface area contributed by atoms with Gasteiger partial charge in [0.1, 0.15) is 5.75 Å². The van der Waals surface area contributed by atoms with Gasteiger partial charge in [0, 0.05) is 11.3 Å². The van der Waals surface area contributed by atoms with Gasteiger partial charge in [0.25, 0.3) is 5.91 Å². The number of rotatable bonds is 6. The third-order valence-corrected chi connectivity index (χ3v) is 6.21. The summed E-state index contributed by atoms with van der Waals surface area (Å²) in [6.07, 6.45) is -4.92. The number of sulfonamides is 1. The van der Waals surface area contributed by atoms with Crippen molar-refractivity contribution in [1.82, 2.24) is 5.43 Å². The predicted octanol–water partition coefficient (Wildman–Crippen LogP) is 3.47. The van der Waals surface area contributed by atoms with Gasteiger partial charge in [-0.2, -0.15) is 5.10 Å². The van der Waals surface area contributed by atoms with Gasteiger partial charge in [-0.1, -0.05) is 30.3 Å². The van der Waals surface area contributed by atoms with Crippen LogP contribution in [0.15, 0.2) is 82.8 Å². The maximum absolute atomic E-state index is 13.2. The van der Waals surface area contributed by atoms with Crippen LogP contribution in [-0.4, -0.2) is 31.5 Å². The summed E-state index contributed by atoms with van der Waals surface area (Å²) in [4.78, 5) is 14.5. The number of ether oxygens (including phenoxy) is 1. The topological polar surface area (TPSA) is 126 Å². The Labute approximate surface area is 214 Å². The number of amides is 1. The zero-order valence-corrected chi connectivity index (χ0v) is 20.3. The Kier molecular flexibility index (Phi) is 7.16. The minimum Gasteiger partial charge on any atom is -0.406 e. The summed E-state index contributed by atoms with van der Waals surface area (Å²) in [5, 5.41) is 11.8. The van der Waals surface area contributed by atoms with E-state index < -0.39 is 28.0 Å². The van der Waals surface area contributed by atoms with Gasteiger partial charge in [0.05, 0.1) is 17.1 Å². The van der Waals surface area contributed by atoms with Gasteiger partial charge >= 0.3 is 6.36 Å². The lowest BCUT2D eigenvalue weighted by Crippen LogP contribution is -2.32. The van der Waals surface area contributed by atoms with Crippen molar-refractivity contribution in [3.63, 3.8) is 0 Å². The largest absolute Gasteiger partial charge is 0.573 e. The molecule has 1 aliphatic heterocycles. The minimum atomic E-state index is -4.92.